The summed E-state index contributed by atoms with van der Waals surface area (Å²) < 4.78 is 0. The van der Waals surface area contributed by atoms with Crippen LogP contribution in [-0.4, -0.2) is 193 Å². The van der Waals surface area contributed by atoms with E-state index in [-0.39, 0.29) is 25.3 Å². The van der Waals surface area contributed by atoms with E-state index in [9.17, 15) is 87.5 Å². The number of amides is 9. The van der Waals surface area contributed by atoms with Crippen LogP contribution in [0.5, 0.6) is 0 Å². The Labute approximate surface area is 428 Å². The van der Waals surface area contributed by atoms with Crippen LogP contribution in [0.3, 0.4) is 0 Å². The molecule has 0 fully saturated rings. The summed E-state index contributed by atoms with van der Waals surface area (Å²) in [6, 6.07) is -15.4. The second kappa shape index (κ2) is 32.8. The molecule has 0 unspecified atom stereocenters. The molecular weight excluding hydrogens is 1010 g/mol. The Morgan fingerprint density at radius 1 is 0.440 bits per heavy atom. The van der Waals surface area contributed by atoms with Gasteiger partial charge in [-0.15, -0.1) is 0 Å². The topological polar surface area (TPSA) is 559 Å². The molecule has 0 radical (unpaired) electrons. The molecule has 0 heterocycles. The molecule has 33 nitrogen and oxygen atoms in total. The number of nitrogens with zero attached hydrogens (tertiary/aromatic N) is 1. The number of aliphatic hydroxyl groups is 1. The van der Waals surface area contributed by atoms with Gasteiger partial charge in [-0.2, -0.15) is 0 Å². The van der Waals surface area contributed by atoms with Crippen LogP contribution in [0, 0.1) is 11.8 Å². The molecular formula is C42H69N13O20. The summed E-state index contributed by atoms with van der Waals surface area (Å²) in [4.78, 5) is 180. The van der Waals surface area contributed by atoms with Gasteiger partial charge in [0.25, 0.3) is 0 Å². The summed E-state index contributed by atoms with van der Waals surface area (Å²) in [5.41, 5.74) is 16.4. The zero-order valence-corrected chi connectivity index (χ0v) is 41.9. The van der Waals surface area contributed by atoms with Gasteiger partial charge in [-0.05, 0) is 44.9 Å². The third kappa shape index (κ3) is 26.3. The number of nitrogens with one attached hydrogen (secondary N) is 9. The second-order valence-electron chi connectivity index (χ2n) is 17.6. The van der Waals surface area contributed by atoms with Gasteiger partial charge in [-0.25, -0.2) is 0 Å². The summed E-state index contributed by atoms with van der Waals surface area (Å²) in [6.45, 7) is 6.90. The number of carboxylic acids is 5. The van der Waals surface area contributed by atoms with Crippen LogP contribution in [0.25, 0.3) is 0 Å². The maximum Gasteiger partial charge on any atom is 0.322 e. The number of aliphatic hydroxyl groups excluding tert-OH is 1. The summed E-state index contributed by atoms with van der Waals surface area (Å²) in [6.07, 6.45) is -6.32. The number of aliphatic imine (C=N–C) groups is 1. The largest absolute Gasteiger partial charge is 0.481 e. The van der Waals surface area contributed by atoms with Crippen molar-refractivity contribution >= 4 is 89.0 Å². The average molecular weight is 1080 g/mol. The smallest absolute Gasteiger partial charge is 0.322 e. The van der Waals surface area contributed by atoms with Crippen LogP contribution in [0.15, 0.2) is 4.99 Å². The van der Waals surface area contributed by atoms with E-state index in [2.05, 4.69) is 36.9 Å². The van der Waals surface area contributed by atoms with Crippen LogP contribution in [0.1, 0.15) is 86.5 Å². The van der Waals surface area contributed by atoms with Crippen LogP contribution in [0.4, 0.5) is 0 Å². The van der Waals surface area contributed by atoms with E-state index >= 15 is 0 Å². The van der Waals surface area contributed by atoms with Gasteiger partial charge in [0.05, 0.1) is 31.4 Å². The number of hydrogen-bond acceptors (Lipinski definition) is 17. The molecule has 33 heteroatoms. The van der Waals surface area contributed by atoms with Gasteiger partial charge in [0.1, 0.15) is 54.9 Å². The number of guanidine groups is 1. The van der Waals surface area contributed by atoms with Crippen molar-refractivity contribution in [2.24, 2.45) is 34.0 Å². The number of carboxylic acid groups (broad SMARTS) is 5. The predicted molar refractivity (Wildman–Crippen MR) is 255 cm³/mol. The predicted octanol–water partition coefficient (Wildman–Crippen LogP) is -7.55. The first kappa shape index (κ1) is 66.8. The zero-order valence-electron chi connectivity index (χ0n) is 41.9. The minimum absolute atomic E-state index is 0.00668. The van der Waals surface area contributed by atoms with E-state index in [1.54, 1.807) is 0 Å². The van der Waals surface area contributed by atoms with Gasteiger partial charge in [-0.1, -0.05) is 27.7 Å². The van der Waals surface area contributed by atoms with Crippen molar-refractivity contribution in [2.75, 3.05) is 13.1 Å². The number of carbonyl (C=O) groups is 14. The highest BCUT2D eigenvalue weighted by atomic mass is 16.4. The SMILES string of the molecule is CC(C)[C@H](NC(=O)[C@H](CC(=O)O)NC(=O)[C@@H](N)CC(=O)O)C(=O)N[C@@H](CCCN=C(N)N)C(=O)N[C@H](C(=O)N[C@@H](CCC(=O)O)C(=O)N[C@H](C(=O)N[C@@H](C)C(=O)N[C@@H](CC(=O)O)C(=O)NCC(=O)O)[C@@H](C)O)C(C)C. The highest BCUT2D eigenvalue weighted by molar-refractivity contribution is 5.99. The standard InChI is InChI=1S/C42H69N13O20/c1-16(2)30(53-36(70)21(8-7-11-46-42(44)45)49-39(73)31(17(3)4)54-38(72)24(14-28(63)64)52-34(68)20(43)12-26(59)60)40(74)50-22(9-10-25(57)58)37(71)55-32(19(6)56)41(75)48-18(5)33(67)51-23(13-27(61)62)35(69)47-15-29(65)66/h16-24,30-32,56H,7-15,43H2,1-6H3,(H,47,69)(H,48,75)(H,49,73)(H,50,74)(H,51,67)(H,52,68)(H,53,70)(H,54,72)(H,55,71)(H,57,58)(H,59,60)(H,61,62)(H,63,64)(H,65,66)(H4,44,45,46)/t18-,19+,20-,21-,22-,23-,24-,30-,31-,32-/m0/s1. The van der Waals surface area contributed by atoms with Gasteiger partial charge in [-0.3, -0.25) is 72.1 Å². The molecule has 9 amide bonds. The van der Waals surface area contributed by atoms with E-state index < -0.39 is 194 Å². The molecule has 10 atom stereocenters. The molecule has 0 aromatic rings. The highest BCUT2D eigenvalue weighted by Crippen LogP contribution is 2.11. The van der Waals surface area contributed by atoms with Gasteiger partial charge in [0.2, 0.25) is 53.2 Å². The van der Waals surface area contributed by atoms with Gasteiger partial charge < -0.3 is 95.7 Å². The Bertz CT molecular complexity index is 2130. The van der Waals surface area contributed by atoms with Crippen LogP contribution >= 0.6 is 0 Å². The summed E-state index contributed by atoms with van der Waals surface area (Å²) in [5, 5.41) is 76.1. The van der Waals surface area contributed by atoms with Crippen molar-refractivity contribution in [3.63, 3.8) is 0 Å². The van der Waals surface area contributed by atoms with Crippen LogP contribution in [-0.2, 0) is 67.1 Å². The van der Waals surface area contributed by atoms with Crippen molar-refractivity contribution < 1.29 is 97.8 Å². The van der Waals surface area contributed by atoms with Crippen molar-refractivity contribution in [3.05, 3.63) is 0 Å². The van der Waals surface area contributed by atoms with Gasteiger partial charge >= 0.3 is 29.8 Å². The lowest BCUT2D eigenvalue weighted by Gasteiger charge is -2.30. The van der Waals surface area contributed by atoms with E-state index in [1.165, 1.54) is 27.7 Å². The lowest BCUT2D eigenvalue weighted by Crippen LogP contribution is -2.62. The second-order valence-corrected chi connectivity index (χ2v) is 17.6. The number of aliphatic carboxylic acids is 5. The van der Waals surface area contributed by atoms with E-state index in [4.69, 9.17) is 27.4 Å². The third-order valence-corrected chi connectivity index (χ3v) is 10.3. The molecule has 0 saturated carbocycles. The number of hydrogen-bond donors (Lipinski definition) is 18. The first-order chi connectivity index (χ1) is 34.7. The number of rotatable bonds is 35. The molecule has 0 aromatic carbocycles. The van der Waals surface area contributed by atoms with Crippen molar-refractivity contribution in [1.29, 1.82) is 0 Å². The first-order valence-corrected chi connectivity index (χ1v) is 23.0. The highest BCUT2D eigenvalue weighted by Gasteiger charge is 2.37. The molecule has 0 aliphatic rings. The fourth-order valence-electron chi connectivity index (χ4n) is 6.35. The molecule has 0 aromatic heterocycles. The molecule has 0 aliphatic heterocycles. The molecule has 0 saturated heterocycles. The van der Waals surface area contributed by atoms with E-state index in [0.717, 1.165) is 13.8 Å². The maximum absolute atomic E-state index is 14.0. The van der Waals surface area contributed by atoms with Crippen LogP contribution in [0.2, 0.25) is 0 Å². The monoisotopic (exact) mass is 1080 g/mol. The molecule has 422 valence electrons. The third-order valence-electron chi connectivity index (χ3n) is 10.3. The fourth-order valence-corrected chi connectivity index (χ4v) is 6.35. The molecule has 75 heavy (non-hydrogen) atoms. The summed E-state index contributed by atoms with van der Waals surface area (Å²) in [7, 11) is 0. The lowest BCUT2D eigenvalue weighted by atomic mass is 9.99. The molecule has 0 spiro atoms. The van der Waals surface area contributed by atoms with Crippen molar-refractivity contribution in [3.8, 4) is 0 Å². The maximum atomic E-state index is 14.0. The average Bonchev–Trinajstić information content (AvgIpc) is 3.28. The zero-order chi connectivity index (χ0) is 58.0. The minimum atomic E-state index is -1.93. The van der Waals surface area contributed by atoms with E-state index in [0.29, 0.717) is 0 Å². The van der Waals surface area contributed by atoms with Gasteiger partial charge in [0, 0.05) is 13.0 Å². The van der Waals surface area contributed by atoms with Gasteiger partial charge in [0.15, 0.2) is 5.96 Å². The van der Waals surface area contributed by atoms with E-state index in [1.807, 2.05) is 16.0 Å². The Kier molecular flexibility index (Phi) is 29.2. The summed E-state index contributed by atoms with van der Waals surface area (Å²) in [5.74, 6) is -20.0. The molecule has 21 N–H and O–H groups in total. The Morgan fingerprint density at radius 2 is 0.840 bits per heavy atom. The Balaban J connectivity index is 6.61. The van der Waals surface area contributed by atoms with Crippen molar-refractivity contribution in [2.45, 2.75) is 147 Å². The molecule has 0 rings (SSSR count). The number of nitrogens with two attached hydrogens (primary N) is 3. The normalized spacial score (nSPS) is 14.9. The van der Waals surface area contributed by atoms with Crippen LogP contribution < -0.4 is 65.1 Å². The summed E-state index contributed by atoms with van der Waals surface area (Å²) >= 11 is 0. The quantitative estimate of drug-likeness (QED) is 0.0159. The number of carbonyl (C=O) groups excluding carboxylic acids is 9. The minimum Gasteiger partial charge on any atom is -0.481 e. The molecule has 0 bridgehead atoms. The fraction of sp³-hybridized carbons (Fsp3) is 0.643. The first-order valence-electron chi connectivity index (χ1n) is 23.0. The Hall–Kier alpha value is -8.23. The lowest BCUT2D eigenvalue weighted by molar-refractivity contribution is -0.142. The van der Waals surface area contributed by atoms with Crippen molar-refractivity contribution in [1.82, 2.24) is 47.9 Å². The molecule has 0 aliphatic carbocycles. The Morgan fingerprint density at radius 3 is 1.25 bits per heavy atom.